The van der Waals surface area contributed by atoms with Gasteiger partial charge >= 0.3 is 0 Å². The Hall–Kier alpha value is -1.15. The fourth-order valence-electron chi connectivity index (χ4n) is 1.24. The molecule has 2 nitrogen and oxygen atoms in total. The molecule has 1 aromatic carbocycles. The van der Waals surface area contributed by atoms with E-state index in [0.29, 0.717) is 6.42 Å². The van der Waals surface area contributed by atoms with Crippen LogP contribution in [0.25, 0.3) is 0 Å². The Balaban J connectivity index is 2.57. The molecule has 2 heteroatoms. The molecule has 1 aromatic rings. The topological polar surface area (TPSA) is 43.1 Å². The van der Waals surface area contributed by atoms with E-state index in [1.54, 1.807) is 0 Å². The van der Waals surface area contributed by atoms with Crippen molar-refractivity contribution in [2.45, 2.75) is 32.7 Å². The van der Waals surface area contributed by atoms with Gasteiger partial charge in [0.25, 0.3) is 0 Å². The van der Waals surface area contributed by atoms with Gasteiger partial charge in [-0.3, -0.25) is 4.79 Å². The second kappa shape index (κ2) is 4.91. The maximum absolute atomic E-state index is 11.6. The number of ketones is 1. The van der Waals surface area contributed by atoms with Crippen molar-refractivity contribution in [2.75, 3.05) is 0 Å². The quantitative estimate of drug-likeness (QED) is 0.742. The molecule has 14 heavy (non-hydrogen) atoms. The van der Waals surface area contributed by atoms with Crippen LogP contribution in [0, 0.1) is 6.92 Å². The fraction of sp³-hybridized carbons (Fsp3) is 0.417. The second-order valence-corrected chi connectivity index (χ2v) is 3.81. The lowest BCUT2D eigenvalue weighted by Gasteiger charge is -2.04. The van der Waals surface area contributed by atoms with Crippen LogP contribution in [0.1, 0.15) is 35.7 Å². The number of carbonyl (C=O) groups is 1. The standard InChI is InChI=1S/C12H17NO/c1-9-3-6-11(7-4-9)12(14)8-5-10(2)13/h3-4,6-7,10H,5,8,13H2,1-2H3/t10-/m0/s1. The van der Waals surface area contributed by atoms with E-state index in [2.05, 4.69) is 0 Å². The van der Waals surface area contributed by atoms with Crippen molar-refractivity contribution in [3.8, 4) is 0 Å². The molecule has 1 rings (SSSR count). The molecule has 0 aromatic heterocycles. The molecule has 0 unspecified atom stereocenters. The van der Waals surface area contributed by atoms with Gasteiger partial charge in [-0.25, -0.2) is 0 Å². The number of rotatable bonds is 4. The lowest BCUT2D eigenvalue weighted by Crippen LogP contribution is -2.16. The maximum Gasteiger partial charge on any atom is 0.162 e. The summed E-state index contributed by atoms with van der Waals surface area (Å²) in [5.41, 5.74) is 7.55. The summed E-state index contributed by atoms with van der Waals surface area (Å²) in [6, 6.07) is 7.76. The molecule has 0 saturated heterocycles. The Kier molecular flexibility index (Phi) is 3.84. The van der Waals surface area contributed by atoms with E-state index in [1.165, 1.54) is 5.56 Å². The van der Waals surface area contributed by atoms with Gasteiger partial charge in [0.1, 0.15) is 0 Å². The average Bonchev–Trinajstić information content (AvgIpc) is 2.15. The predicted molar refractivity (Wildman–Crippen MR) is 58.4 cm³/mol. The fourth-order valence-corrected chi connectivity index (χ4v) is 1.24. The number of aryl methyl sites for hydroxylation is 1. The van der Waals surface area contributed by atoms with Gasteiger partial charge in [0.15, 0.2) is 5.78 Å². The second-order valence-electron chi connectivity index (χ2n) is 3.81. The zero-order valence-electron chi connectivity index (χ0n) is 8.79. The Bertz CT molecular complexity index is 301. The van der Waals surface area contributed by atoms with Gasteiger partial charge in [-0.2, -0.15) is 0 Å². The maximum atomic E-state index is 11.6. The third-order valence-corrected chi connectivity index (χ3v) is 2.20. The van der Waals surface area contributed by atoms with E-state index in [9.17, 15) is 4.79 Å². The summed E-state index contributed by atoms with van der Waals surface area (Å²) in [5, 5.41) is 0. The lowest BCUT2D eigenvalue weighted by molar-refractivity contribution is 0.0978. The zero-order valence-corrected chi connectivity index (χ0v) is 8.79. The minimum atomic E-state index is 0.101. The van der Waals surface area contributed by atoms with Gasteiger partial charge < -0.3 is 5.73 Å². The van der Waals surface area contributed by atoms with Crippen LogP contribution < -0.4 is 5.73 Å². The minimum absolute atomic E-state index is 0.101. The molecular weight excluding hydrogens is 174 g/mol. The third-order valence-electron chi connectivity index (χ3n) is 2.20. The number of benzene rings is 1. The highest BCUT2D eigenvalue weighted by atomic mass is 16.1. The van der Waals surface area contributed by atoms with Crippen molar-refractivity contribution in [3.63, 3.8) is 0 Å². The number of carbonyl (C=O) groups excluding carboxylic acids is 1. The molecule has 0 aliphatic rings. The van der Waals surface area contributed by atoms with Crippen LogP contribution in [-0.4, -0.2) is 11.8 Å². The predicted octanol–water partition coefficient (Wildman–Crippen LogP) is 2.31. The van der Waals surface area contributed by atoms with Crippen LogP contribution in [-0.2, 0) is 0 Å². The van der Waals surface area contributed by atoms with Gasteiger partial charge in [0, 0.05) is 18.0 Å². The molecule has 2 N–H and O–H groups in total. The van der Waals surface area contributed by atoms with Gasteiger partial charge in [-0.15, -0.1) is 0 Å². The highest BCUT2D eigenvalue weighted by Gasteiger charge is 2.06. The average molecular weight is 191 g/mol. The van der Waals surface area contributed by atoms with Crippen LogP contribution in [0.5, 0.6) is 0 Å². The number of nitrogens with two attached hydrogens (primary N) is 1. The number of hydrogen-bond donors (Lipinski definition) is 1. The largest absolute Gasteiger partial charge is 0.328 e. The van der Waals surface area contributed by atoms with Crippen LogP contribution in [0.2, 0.25) is 0 Å². The van der Waals surface area contributed by atoms with Crippen LogP contribution >= 0.6 is 0 Å². The van der Waals surface area contributed by atoms with Crippen LogP contribution in [0.3, 0.4) is 0 Å². The van der Waals surface area contributed by atoms with E-state index in [4.69, 9.17) is 5.73 Å². The highest BCUT2D eigenvalue weighted by Crippen LogP contribution is 2.08. The molecule has 0 fully saturated rings. The molecule has 0 spiro atoms. The van der Waals surface area contributed by atoms with E-state index in [-0.39, 0.29) is 11.8 Å². The summed E-state index contributed by atoms with van der Waals surface area (Å²) in [7, 11) is 0. The first-order chi connectivity index (χ1) is 6.59. The Morgan fingerprint density at radius 3 is 2.43 bits per heavy atom. The number of Topliss-reactive ketones (excluding diaryl/α,β-unsaturated/α-hetero) is 1. The van der Waals surface area contributed by atoms with E-state index < -0.39 is 0 Å². The SMILES string of the molecule is Cc1ccc(C(=O)CC[C@H](C)N)cc1. The molecule has 0 amide bonds. The Morgan fingerprint density at radius 2 is 1.93 bits per heavy atom. The van der Waals surface area contributed by atoms with Crippen molar-refractivity contribution in [1.82, 2.24) is 0 Å². The first kappa shape index (κ1) is 10.9. The van der Waals surface area contributed by atoms with Crippen molar-refractivity contribution >= 4 is 5.78 Å². The molecule has 0 aliphatic carbocycles. The molecule has 0 saturated carbocycles. The van der Waals surface area contributed by atoms with Crippen LogP contribution in [0.4, 0.5) is 0 Å². The van der Waals surface area contributed by atoms with E-state index >= 15 is 0 Å². The smallest absolute Gasteiger partial charge is 0.162 e. The summed E-state index contributed by atoms with van der Waals surface area (Å²) in [6.45, 7) is 3.93. The third kappa shape index (κ3) is 3.30. The molecule has 0 aliphatic heterocycles. The summed E-state index contributed by atoms with van der Waals surface area (Å²) in [4.78, 5) is 11.6. The molecule has 0 heterocycles. The summed E-state index contributed by atoms with van der Waals surface area (Å²) < 4.78 is 0. The van der Waals surface area contributed by atoms with Crippen LogP contribution in [0.15, 0.2) is 24.3 Å². The molecule has 0 bridgehead atoms. The van der Waals surface area contributed by atoms with Crippen molar-refractivity contribution < 1.29 is 4.79 Å². The lowest BCUT2D eigenvalue weighted by atomic mass is 10.0. The van der Waals surface area contributed by atoms with Crippen molar-refractivity contribution in [3.05, 3.63) is 35.4 Å². The molecular formula is C12H17NO. The van der Waals surface area contributed by atoms with Gasteiger partial charge in [-0.1, -0.05) is 29.8 Å². The normalized spacial score (nSPS) is 12.5. The first-order valence-electron chi connectivity index (χ1n) is 4.95. The zero-order chi connectivity index (χ0) is 10.6. The molecule has 0 radical (unpaired) electrons. The van der Waals surface area contributed by atoms with Gasteiger partial charge in [0.05, 0.1) is 0 Å². The van der Waals surface area contributed by atoms with E-state index in [1.807, 2.05) is 38.1 Å². The number of hydrogen-bond acceptors (Lipinski definition) is 2. The van der Waals surface area contributed by atoms with Gasteiger partial charge in [0.2, 0.25) is 0 Å². The summed E-state index contributed by atoms with van der Waals surface area (Å²) >= 11 is 0. The first-order valence-corrected chi connectivity index (χ1v) is 4.95. The minimum Gasteiger partial charge on any atom is -0.328 e. The Morgan fingerprint density at radius 1 is 1.36 bits per heavy atom. The molecule has 76 valence electrons. The monoisotopic (exact) mass is 191 g/mol. The summed E-state index contributed by atoms with van der Waals surface area (Å²) in [6.07, 6.45) is 1.30. The van der Waals surface area contributed by atoms with Gasteiger partial charge in [-0.05, 0) is 20.3 Å². The highest BCUT2D eigenvalue weighted by molar-refractivity contribution is 5.96. The molecule has 1 atom stereocenters. The van der Waals surface area contributed by atoms with Crippen molar-refractivity contribution in [2.24, 2.45) is 5.73 Å². The van der Waals surface area contributed by atoms with Crippen molar-refractivity contribution in [1.29, 1.82) is 0 Å². The van der Waals surface area contributed by atoms with E-state index in [0.717, 1.165) is 12.0 Å². The summed E-state index contributed by atoms with van der Waals surface area (Å²) in [5.74, 6) is 0.183. The Labute approximate surface area is 85.1 Å².